The number of carbonyl (C=O) groups excluding carboxylic acids is 1. The maximum Gasteiger partial charge on any atom is 0.255 e. The van der Waals surface area contributed by atoms with Crippen LogP contribution in [0.15, 0.2) is 42.6 Å². The Hall–Kier alpha value is -1.70. The third-order valence-electron chi connectivity index (χ3n) is 3.60. The van der Waals surface area contributed by atoms with Crippen molar-refractivity contribution < 1.29 is 9.53 Å². The van der Waals surface area contributed by atoms with Gasteiger partial charge in [-0.05, 0) is 53.6 Å². The van der Waals surface area contributed by atoms with E-state index in [9.17, 15) is 4.79 Å². The summed E-state index contributed by atoms with van der Waals surface area (Å²) in [6.07, 6.45) is 3.43. The van der Waals surface area contributed by atoms with Crippen LogP contribution in [-0.2, 0) is 0 Å². The second kappa shape index (κ2) is 7.04. The molecule has 1 aliphatic heterocycles. The normalized spacial score (nSPS) is 18.0. The first kappa shape index (κ1) is 15.2. The van der Waals surface area contributed by atoms with Crippen LogP contribution in [0.2, 0.25) is 0 Å². The Morgan fingerprint density at radius 3 is 2.91 bits per heavy atom. The van der Waals surface area contributed by atoms with Crippen LogP contribution in [0.5, 0.6) is 5.88 Å². The van der Waals surface area contributed by atoms with E-state index in [1.807, 2.05) is 29.2 Å². The van der Waals surface area contributed by atoms with Crippen molar-refractivity contribution in [2.24, 2.45) is 0 Å². The van der Waals surface area contributed by atoms with E-state index in [0.717, 1.165) is 28.5 Å². The molecule has 3 rings (SSSR count). The average Bonchev–Trinajstić information content (AvgIpc) is 2.56. The highest BCUT2D eigenvalue weighted by molar-refractivity contribution is 14.1. The number of likely N-dealkylation sites (tertiary alicyclic amines) is 1. The summed E-state index contributed by atoms with van der Waals surface area (Å²) < 4.78 is 6.81. The van der Waals surface area contributed by atoms with Crippen LogP contribution in [0.25, 0.3) is 0 Å². The number of carbonyl (C=O) groups is 1. The molecule has 1 aliphatic rings. The molecule has 0 spiro atoms. The number of aromatic nitrogens is 2. The monoisotopic (exact) mass is 409 g/mol. The average molecular weight is 409 g/mol. The van der Waals surface area contributed by atoms with E-state index in [0.29, 0.717) is 12.4 Å². The summed E-state index contributed by atoms with van der Waals surface area (Å²) in [6, 6.07) is 11.2. The summed E-state index contributed by atoms with van der Waals surface area (Å²) in [7, 11) is 0. The Bertz CT molecular complexity index is 651. The van der Waals surface area contributed by atoms with Crippen LogP contribution < -0.4 is 4.74 Å². The van der Waals surface area contributed by atoms with Crippen molar-refractivity contribution in [2.75, 3.05) is 13.1 Å². The molecule has 1 fully saturated rings. The quantitative estimate of drug-likeness (QED) is 0.732. The SMILES string of the molecule is O=C(c1ccccc1I)N1CCCC(Oc2cccnn2)C1. The molecule has 0 saturated carbocycles. The molecule has 2 heterocycles. The molecule has 22 heavy (non-hydrogen) atoms. The fraction of sp³-hybridized carbons (Fsp3) is 0.312. The number of rotatable bonds is 3. The standard InChI is InChI=1S/C16H16IN3O2/c17-14-7-2-1-6-13(14)16(21)20-10-4-5-12(11-20)22-15-8-3-9-18-19-15/h1-3,6-9,12H,4-5,10-11H2. The van der Waals surface area contributed by atoms with Crippen molar-refractivity contribution in [3.05, 3.63) is 51.7 Å². The molecule has 0 radical (unpaired) electrons. The van der Waals surface area contributed by atoms with Gasteiger partial charge in [0.15, 0.2) is 0 Å². The summed E-state index contributed by atoms with van der Waals surface area (Å²) in [5.74, 6) is 0.577. The van der Waals surface area contributed by atoms with Gasteiger partial charge in [0.05, 0.1) is 12.1 Å². The van der Waals surface area contributed by atoms with E-state index in [4.69, 9.17) is 4.74 Å². The lowest BCUT2D eigenvalue weighted by Gasteiger charge is -2.32. The van der Waals surface area contributed by atoms with Gasteiger partial charge in [-0.1, -0.05) is 12.1 Å². The maximum atomic E-state index is 12.7. The lowest BCUT2D eigenvalue weighted by molar-refractivity contribution is 0.0524. The van der Waals surface area contributed by atoms with Gasteiger partial charge >= 0.3 is 0 Å². The van der Waals surface area contributed by atoms with Gasteiger partial charge in [-0.3, -0.25) is 4.79 Å². The third kappa shape index (κ3) is 3.55. The van der Waals surface area contributed by atoms with Crippen molar-refractivity contribution in [1.29, 1.82) is 0 Å². The van der Waals surface area contributed by atoms with Crippen molar-refractivity contribution in [1.82, 2.24) is 15.1 Å². The first-order valence-corrected chi connectivity index (χ1v) is 8.30. The predicted molar refractivity (Wildman–Crippen MR) is 90.7 cm³/mol. The molecule has 1 unspecified atom stereocenters. The molecule has 1 amide bonds. The predicted octanol–water partition coefficient (Wildman–Crippen LogP) is 2.76. The van der Waals surface area contributed by atoms with E-state index >= 15 is 0 Å². The first-order valence-electron chi connectivity index (χ1n) is 7.22. The zero-order valence-corrected chi connectivity index (χ0v) is 14.1. The smallest absolute Gasteiger partial charge is 0.255 e. The molecule has 6 heteroatoms. The second-order valence-electron chi connectivity index (χ2n) is 5.17. The molecular weight excluding hydrogens is 393 g/mol. The largest absolute Gasteiger partial charge is 0.471 e. The van der Waals surface area contributed by atoms with Crippen LogP contribution in [-0.4, -0.2) is 40.2 Å². The fourth-order valence-corrected chi connectivity index (χ4v) is 3.16. The minimum atomic E-state index is -0.0317. The van der Waals surface area contributed by atoms with Crippen LogP contribution in [0.1, 0.15) is 23.2 Å². The molecule has 2 aromatic rings. The molecule has 0 bridgehead atoms. The number of hydrogen-bond donors (Lipinski definition) is 0. The van der Waals surface area contributed by atoms with Crippen molar-refractivity contribution in [2.45, 2.75) is 18.9 Å². The van der Waals surface area contributed by atoms with E-state index < -0.39 is 0 Å². The minimum absolute atomic E-state index is 0.0317. The highest BCUT2D eigenvalue weighted by atomic mass is 127. The highest BCUT2D eigenvalue weighted by Crippen LogP contribution is 2.20. The van der Waals surface area contributed by atoms with E-state index in [-0.39, 0.29) is 12.0 Å². The van der Waals surface area contributed by atoms with Crippen molar-refractivity contribution >= 4 is 28.5 Å². The Morgan fingerprint density at radius 1 is 1.27 bits per heavy atom. The summed E-state index contributed by atoms with van der Waals surface area (Å²) in [5, 5.41) is 7.75. The first-order chi connectivity index (χ1) is 10.7. The van der Waals surface area contributed by atoms with Gasteiger partial charge in [0.1, 0.15) is 6.10 Å². The Labute approximate surface area is 142 Å². The summed E-state index contributed by atoms with van der Waals surface area (Å²) in [5.41, 5.74) is 0.753. The van der Waals surface area contributed by atoms with E-state index in [2.05, 4.69) is 32.8 Å². The molecule has 1 saturated heterocycles. The topological polar surface area (TPSA) is 55.3 Å². The lowest BCUT2D eigenvalue weighted by Crippen LogP contribution is -2.44. The molecule has 1 aromatic carbocycles. The zero-order chi connectivity index (χ0) is 15.4. The fourth-order valence-electron chi connectivity index (χ4n) is 2.54. The molecular formula is C16H16IN3O2. The van der Waals surface area contributed by atoms with Gasteiger partial charge in [0.2, 0.25) is 5.88 Å². The number of hydrogen-bond acceptors (Lipinski definition) is 4. The molecule has 1 atom stereocenters. The molecule has 114 valence electrons. The molecule has 5 nitrogen and oxygen atoms in total. The summed E-state index contributed by atoms with van der Waals surface area (Å²) in [6.45, 7) is 1.35. The highest BCUT2D eigenvalue weighted by Gasteiger charge is 2.26. The van der Waals surface area contributed by atoms with Crippen LogP contribution >= 0.6 is 22.6 Å². The van der Waals surface area contributed by atoms with Gasteiger partial charge < -0.3 is 9.64 Å². The third-order valence-corrected chi connectivity index (χ3v) is 4.55. The van der Waals surface area contributed by atoms with E-state index in [1.165, 1.54) is 0 Å². The minimum Gasteiger partial charge on any atom is -0.471 e. The Balaban J connectivity index is 1.68. The maximum absolute atomic E-state index is 12.7. The van der Waals surface area contributed by atoms with Crippen molar-refractivity contribution in [3.8, 4) is 5.88 Å². The molecule has 1 aromatic heterocycles. The Morgan fingerprint density at radius 2 is 2.14 bits per heavy atom. The van der Waals surface area contributed by atoms with Crippen LogP contribution in [0.4, 0.5) is 0 Å². The van der Waals surface area contributed by atoms with Gasteiger partial charge in [0, 0.05) is 22.4 Å². The second-order valence-corrected chi connectivity index (χ2v) is 6.34. The number of benzene rings is 1. The lowest BCUT2D eigenvalue weighted by atomic mass is 10.1. The van der Waals surface area contributed by atoms with Crippen molar-refractivity contribution in [3.63, 3.8) is 0 Å². The van der Waals surface area contributed by atoms with Crippen LogP contribution in [0, 0.1) is 3.57 Å². The van der Waals surface area contributed by atoms with Gasteiger partial charge in [-0.2, -0.15) is 5.10 Å². The number of nitrogens with zero attached hydrogens (tertiary/aromatic N) is 3. The molecule has 0 N–H and O–H groups in total. The summed E-state index contributed by atoms with van der Waals surface area (Å²) in [4.78, 5) is 14.5. The van der Waals surface area contributed by atoms with Gasteiger partial charge in [-0.25, -0.2) is 0 Å². The summed E-state index contributed by atoms with van der Waals surface area (Å²) >= 11 is 2.20. The van der Waals surface area contributed by atoms with Gasteiger partial charge in [0.25, 0.3) is 5.91 Å². The number of halogens is 1. The number of piperidine rings is 1. The zero-order valence-electron chi connectivity index (χ0n) is 12.0. The van der Waals surface area contributed by atoms with Crippen LogP contribution in [0.3, 0.4) is 0 Å². The number of ether oxygens (including phenoxy) is 1. The molecule has 0 aliphatic carbocycles. The Kier molecular flexibility index (Phi) is 4.87. The number of amides is 1. The van der Waals surface area contributed by atoms with Gasteiger partial charge in [-0.15, -0.1) is 5.10 Å². The van der Waals surface area contributed by atoms with E-state index in [1.54, 1.807) is 18.3 Å².